The summed E-state index contributed by atoms with van der Waals surface area (Å²) in [5.74, 6) is -5.61. The highest BCUT2D eigenvalue weighted by Gasteiger charge is 2.19. The molecule has 16 aromatic rings. The van der Waals surface area contributed by atoms with Crippen molar-refractivity contribution < 1.29 is 57.1 Å². The van der Waals surface area contributed by atoms with E-state index in [-0.39, 0.29) is 57.9 Å². The Kier molecular flexibility index (Phi) is 44.3. The Labute approximate surface area is 828 Å². The van der Waals surface area contributed by atoms with Crippen molar-refractivity contribution in [3.63, 3.8) is 0 Å². The van der Waals surface area contributed by atoms with Crippen LogP contribution in [-0.2, 0) is 103 Å². The first-order chi connectivity index (χ1) is 68.0. The molecule has 16 aromatic carbocycles. The van der Waals surface area contributed by atoms with E-state index in [0.717, 1.165) is 109 Å². The second-order valence-electron chi connectivity index (χ2n) is 34.2. The van der Waals surface area contributed by atoms with E-state index in [1.165, 1.54) is 87.5 Å². The molecule has 0 aromatic heterocycles. The number of rotatable bonds is 24. The van der Waals surface area contributed by atoms with Crippen LogP contribution >= 0.6 is 0 Å². The van der Waals surface area contributed by atoms with Crippen molar-refractivity contribution in [1.82, 2.24) is 0 Å². The van der Waals surface area contributed by atoms with Crippen LogP contribution in [0.25, 0.3) is 89.0 Å². The van der Waals surface area contributed by atoms with Crippen molar-refractivity contribution in [2.75, 3.05) is 0 Å². The molecule has 0 aliphatic heterocycles. The highest BCUT2D eigenvalue weighted by atomic mass is 19.2. The molecule has 0 nitrogen and oxygen atoms in total. The summed E-state index contributed by atoms with van der Waals surface area (Å²) in [6, 6.07) is 93.5. The van der Waals surface area contributed by atoms with Crippen LogP contribution in [0.15, 0.2) is 309 Å². The lowest BCUT2D eigenvalue weighted by atomic mass is 9.99. The summed E-state index contributed by atoms with van der Waals surface area (Å²) in [7, 11) is 0. The van der Waals surface area contributed by atoms with E-state index in [4.69, 9.17) is 0 Å². The summed E-state index contributed by atoms with van der Waals surface area (Å²) >= 11 is 0. The maximum atomic E-state index is 14.0. The molecule has 0 saturated carbocycles. The Hall–Kier alpha value is -13.4. The van der Waals surface area contributed by atoms with Gasteiger partial charge in [-0.2, -0.15) is 0 Å². The molecule has 0 radical (unpaired) electrons. The van der Waals surface area contributed by atoms with E-state index in [2.05, 4.69) is 120 Å². The molecular weight excluding hydrogens is 1780 g/mol. The Bertz CT molecular complexity index is 6520. The van der Waals surface area contributed by atoms with Crippen LogP contribution in [0.3, 0.4) is 0 Å². The molecule has 0 amide bonds. The zero-order chi connectivity index (χ0) is 102. The average molecular weight is 1920 g/mol. The van der Waals surface area contributed by atoms with Gasteiger partial charge >= 0.3 is 0 Å². The SMILES string of the molecule is CCc1ccc(-c2ccc(CC)c(F)c2)c(F)c1.CCc1ccc(-c2ccc(CC)c(F)c2)cc1.CCc1ccc(-c2ccc(CC)c(F)c2)cc1F.CCc1ccc(-c2ccc(CC)c(F)c2F)cc1.CCc1ccc(-c2ccc(CC)c(F)c2F)cc1F.CCc1ccc(-c2ccc(CC)cc2)cc1.CCc1ccc(-c2ccc(CC)cc2F)c(F)c1.CCc1ccc(-c2ccc(CC)cc2F)cc1. The van der Waals surface area contributed by atoms with E-state index in [1.807, 2.05) is 160 Å². The summed E-state index contributed by atoms with van der Waals surface area (Å²) in [4.78, 5) is 0. The zero-order valence-electron chi connectivity index (χ0n) is 84.2. The Morgan fingerprint density at radius 1 is 0.113 bits per heavy atom. The molecule has 0 aliphatic carbocycles. The summed E-state index contributed by atoms with van der Waals surface area (Å²) in [5.41, 5.74) is 25.4. The Morgan fingerprint density at radius 2 is 0.277 bits per heavy atom. The van der Waals surface area contributed by atoms with Gasteiger partial charge in [0.15, 0.2) is 23.3 Å². The Balaban J connectivity index is 0.000000180. The fourth-order valence-corrected chi connectivity index (χ4v) is 15.9. The van der Waals surface area contributed by atoms with Crippen molar-refractivity contribution in [1.29, 1.82) is 0 Å². The van der Waals surface area contributed by atoms with Crippen molar-refractivity contribution >= 4 is 0 Å². The van der Waals surface area contributed by atoms with Crippen LogP contribution in [0, 0.1) is 75.6 Å². The van der Waals surface area contributed by atoms with Crippen molar-refractivity contribution in [2.45, 2.75) is 214 Å². The maximum absolute atomic E-state index is 14.0. The first kappa shape index (κ1) is 111. The molecule has 0 heterocycles. The van der Waals surface area contributed by atoms with Crippen molar-refractivity contribution in [3.05, 3.63) is 474 Å². The molecule has 0 unspecified atom stereocenters. The molecule has 0 saturated heterocycles. The predicted molar refractivity (Wildman–Crippen MR) is 565 cm³/mol. The van der Waals surface area contributed by atoms with E-state index < -0.39 is 23.3 Å². The van der Waals surface area contributed by atoms with Crippen molar-refractivity contribution in [3.8, 4) is 89.0 Å². The van der Waals surface area contributed by atoms with Crippen LogP contribution in [0.4, 0.5) is 57.1 Å². The average Bonchev–Trinajstić information content (AvgIpc) is 0.815. The topological polar surface area (TPSA) is 0 Å². The third-order valence-electron chi connectivity index (χ3n) is 25.4. The summed E-state index contributed by atoms with van der Waals surface area (Å²) in [5, 5.41) is 0. The lowest BCUT2D eigenvalue weighted by molar-refractivity contribution is 0.502. The lowest BCUT2D eigenvalue weighted by Crippen LogP contribution is -1.97. The molecule has 16 rings (SSSR count). The zero-order valence-corrected chi connectivity index (χ0v) is 84.2. The third-order valence-corrected chi connectivity index (χ3v) is 25.4. The van der Waals surface area contributed by atoms with Gasteiger partial charge < -0.3 is 0 Å². The quantitative estimate of drug-likeness (QED) is 0.0529. The number of hydrogen-bond donors (Lipinski definition) is 0. The van der Waals surface area contributed by atoms with Gasteiger partial charge in [-0.15, -0.1) is 0 Å². The monoisotopic (exact) mass is 1920 g/mol. The Morgan fingerprint density at radius 3 is 0.511 bits per heavy atom. The lowest BCUT2D eigenvalue weighted by Gasteiger charge is -2.09. The fraction of sp³-hybridized carbons (Fsp3) is 0.250. The van der Waals surface area contributed by atoms with E-state index in [9.17, 15) is 57.1 Å². The smallest absolute Gasteiger partial charge is 0.166 e. The summed E-state index contributed by atoms with van der Waals surface area (Å²) in [6.07, 6.45) is 12.6. The summed E-state index contributed by atoms with van der Waals surface area (Å²) in [6.45, 7) is 31.7. The second-order valence-corrected chi connectivity index (χ2v) is 34.2. The van der Waals surface area contributed by atoms with Gasteiger partial charge in [0.25, 0.3) is 0 Å². The molecule has 0 fully saturated rings. The molecule has 141 heavy (non-hydrogen) atoms. The minimum absolute atomic E-state index is 0.0938. The molecule has 0 bridgehead atoms. The van der Waals surface area contributed by atoms with Crippen molar-refractivity contribution in [2.24, 2.45) is 0 Å². The largest absolute Gasteiger partial charge is 0.207 e. The molecule has 13 heteroatoms. The van der Waals surface area contributed by atoms with Crippen LogP contribution in [0.5, 0.6) is 0 Å². The van der Waals surface area contributed by atoms with Crippen LogP contribution in [0.1, 0.15) is 200 Å². The standard InChI is InChI=1S/C16H15F3.4C16H16F2.2C16H17F.C16H18/c1-3-10-5-6-12(9-14(10)17)13-8-7-11(4-2)15(18)16(13)19;1-3-11-5-8-14(16(18)9-11)13-7-6-12(4-2)15(17)10-13;1-3-11-5-7-13(9-15(11)17)14-8-6-12(4-2)16(18)10-14;1-3-11-5-7-13(15(17)9-11)14-8-6-12(4-2)10-16(14)18;1-3-11-5-7-13(8-6-11)14-10-9-12(4-2)15(17)16(14)18;1-3-12-5-8-14(9-6-12)15-10-7-13(4-2)11-16(15)17;1-3-12-5-7-14(8-6-12)15-10-9-13(4-2)16(17)11-15;1-3-13-5-9-15(10-6-13)16-11-7-14(4-2)8-12-16/h5-9H,3-4H2,1-2H3;4*5-10H,3-4H2,1-2H3;2*5-11H,3-4H2,1-2H3;5-12H,3-4H2,1-2H3. The molecule has 0 atom stereocenters. The van der Waals surface area contributed by atoms with Gasteiger partial charge in [0.1, 0.15) is 52.4 Å². The first-order valence-electron chi connectivity index (χ1n) is 49.5. The van der Waals surface area contributed by atoms with E-state index in [0.29, 0.717) is 128 Å². The molecule has 0 N–H and O–H groups in total. The molecule has 734 valence electrons. The minimum atomic E-state index is -0.914. The minimum Gasteiger partial charge on any atom is -0.207 e. The van der Waals surface area contributed by atoms with Gasteiger partial charge in [-0.25, -0.2) is 57.1 Å². The number of halogens is 13. The number of benzene rings is 16. The molecule has 0 spiro atoms. The highest BCUT2D eigenvalue weighted by Crippen LogP contribution is 2.35. The van der Waals surface area contributed by atoms with Gasteiger partial charge in [0.05, 0.1) is 0 Å². The van der Waals surface area contributed by atoms with Gasteiger partial charge in [-0.3, -0.25) is 0 Å². The fourth-order valence-electron chi connectivity index (χ4n) is 15.9. The van der Waals surface area contributed by atoms with Gasteiger partial charge in [-0.1, -0.05) is 366 Å². The van der Waals surface area contributed by atoms with E-state index in [1.54, 1.807) is 91.9 Å². The number of hydrogen-bond acceptors (Lipinski definition) is 0. The predicted octanol–water partition coefficient (Wildman–Crippen LogP) is 37.6. The van der Waals surface area contributed by atoms with Gasteiger partial charge in [0, 0.05) is 33.4 Å². The third kappa shape index (κ3) is 31.1. The van der Waals surface area contributed by atoms with Crippen LogP contribution < -0.4 is 0 Å². The number of aryl methyl sites for hydroxylation is 16. The first-order valence-corrected chi connectivity index (χ1v) is 49.5. The van der Waals surface area contributed by atoms with Gasteiger partial charge in [0.2, 0.25) is 0 Å². The van der Waals surface area contributed by atoms with Crippen LogP contribution in [-0.4, -0.2) is 0 Å². The van der Waals surface area contributed by atoms with E-state index >= 15 is 0 Å². The molecule has 0 aliphatic rings. The van der Waals surface area contributed by atoms with Gasteiger partial charge in [-0.05, 0) is 302 Å². The van der Waals surface area contributed by atoms with Crippen LogP contribution in [0.2, 0.25) is 0 Å². The highest BCUT2D eigenvalue weighted by molar-refractivity contribution is 5.72. The second kappa shape index (κ2) is 56.2. The summed E-state index contributed by atoms with van der Waals surface area (Å²) < 4.78 is 179. The maximum Gasteiger partial charge on any atom is 0.166 e. The normalized spacial score (nSPS) is 10.6. The molecular formula is C128H131F13.